The Morgan fingerprint density at radius 3 is 2.37 bits per heavy atom. The van der Waals surface area contributed by atoms with Crippen LogP contribution in [-0.4, -0.2) is 55.5 Å². The standard InChI is InChI=1S/C12H21N3O4/c1-2-14-6-8-15(9-7-14)12(19)13-10(16)4-3-5-11(17)18/h2-9H2,1H3,(H,17,18)(H,13,16,19). The number of carbonyl (C=O) groups is 3. The molecule has 7 nitrogen and oxygen atoms in total. The maximum Gasteiger partial charge on any atom is 0.324 e. The van der Waals surface area contributed by atoms with Crippen LogP contribution in [-0.2, 0) is 9.59 Å². The van der Waals surface area contributed by atoms with E-state index in [0.29, 0.717) is 13.1 Å². The molecule has 0 unspecified atom stereocenters. The molecule has 0 atom stereocenters. The number of likely N-dealkylation sites (N-methyl/N-ethyl adjacent to an activating group) is 1. The van der Waals surface area contributed by atoms with Crippen LogP contribution in [0.4, 0.5) is 4.79 Å². The number of urea groups is 1. The second-order valence-corrected chi connectivity index (χ2v) is 4.67. The molecule has 108 valence electrons. The van der Waals surface area contributed by atoms with Gasteiger partial charge in [-0.15, -0.1) is 0 Å². The molecule has 0 aliphatic carbocycles. The topological polar surface area (TPSA) is 94.0 Å². The Kier molecular flexibility index (Phi) is 6.27. The van der Waals surface area contributed by atoms with Crippen LogP contribution in [0.15, 0.2) is 0 Å². The van der Waals surface area contributed by atoms with Crippen LogP contribution in [0.25, 0.3) is 0 Å². The SMILES string of the molecule is CC[NH+]1CCN(C(=O)NC(=O)CCCC(=O)[O-])CC1. The molecule has 1 aliphatic heterocycles. The summed E-state index contributed by atoms with van der Waals surface area (Å²) >= 11 is 0. The Balaban J connectivity index is 2.23. The number of rotatable bonds is 5. The Bertz CT molecular complexity index is 338. The van der Waals surface area contributed by atoms with Crippen molar-refractivity contribution in [3.8, 4) is 0 Å². The summed E-state index contributed by atoms with van der Waals surface area (Å²) in [6, 6.07) is -0.381. The molecule has 1 fully saturated rings. The molecule has 19 heavy (non-hydrogen) atoms. The minimum Gasteiger partial charge on any atom is -0.550 e. The molecule has 1 saturated heterocycles. The number of carbonyl (C=O) groups excluding carboxylic acids is 3. The van der Waals surface area contributed by atoms with Crippen LogP contribution in [0.3, 0.4) is 0 Å². The molecule has 0 bridgehead atoms. The van der Waals surface area contributed by atoms with E-state index in [-0.39, 0.29) is 25.3 Å². The van der Waals surface area contributed by atoms with Gasteiger partial charge in [0.15, 0.2) is 0 Å². The van der Waals surface area contributed by atoms with E-state index in [4.69, 9.17) is 0 Å². The van der Waals surface area contributed by atoms with Gasteiger partial charge in [-0.05, 0) is 19.8 Å². The summed E-state index contributed by atoms with van der Waals surface area (Å²) in [4.78, 5) is 36.4. The largest absolute Gasteiger partial charge is 0.550 e. The van der Waals surface area contributed by atoms with Crippen molar-refractivity contribution in [2.75, 3.05) is 32.7 Å². The predicted octanol–water partition coefficient (Wildman–Crippen LogP) is -2.64. The highest BCUT2D eigenvalue weighted by molar-refractivity contribution is 5.94. The number of carboxylic acid groups (broad SMARTS) is 1. The van der Waals surface area contributed by atoms with Crippen molar-refractivity contribution in [2.45, 2.75) is 26.2 Å². The molecule has 2 N–H and O–H groups in total. The molecule has 1 aliphatic rings. The molecular weight excluding hydrogens is 250 g/mol. The highest BCUT2D eigenvalue weighted by Gasteiger charge is 2.23. The van der Waals surface area contributed by atoms with Crippen LogP contribution >= 0.6 is 0 Å². The Morgan fingerprint density at radius 2 is 1.84 bits per heavy atom. The van der Waals surface area contributed by atoms with Gasteiger partial charge in [0, 0.05) is 12.4 Å². The van der Waals surface area contributed by atoms with Crippen molar-refractivity contribution in [2.24, 2.45) is 0 Å². The van der Waals surface area contributed by atoms with Crippen LogP contribution in [0.2, 0.25) is 0 Å². The van der Waals surface area contributed by atoms with Gasteiger partial charge in [-0.3, -0.25) is 10.1 Å². The van der Waals surface area contributed by atoms with E-state index in [2.05, 4.69) is 12.2 Å². The third kappa shape index (κ3) is 5.69. The maximum atomic E-state index is 11.8. The normalized spacial score (nSPS) is 16.2. The first-order chi connectivity index (χ1) is 9.02. The maximum absolute atomic E-state index is 11.8. The van der Waals surface area contributed by atoms with Gasteiger partial charge in [0.05, 0.1) is 32.7 Å². The third-order valence-electron chi connectivity index (χ3n) is 3.29. The second kappa shape index (κ2) is 7.73. The highest BCUT2D eigenvalue weighted by Crippen LogP contribution is 1.96. The summed E-state index contributed by atoms with van der Waals surface area (Å²) in [5.74, 6) is -1.62. The quantitative estimate of drug-likeness (QED) is 0.572. The number of piperazine rings is 1. The molecule has 0 radical (unpaired) electrons. The van der Waals surface area contributed by atoms with E-state index in [0.717, 1.165) is 19.6 Å². The molecule has 1 rings (SSSR count). The van der Waals surface area contributed by atoms with Gasteiger partial charge >= 0.3 is 6.03 Å². The van der Waals surface area contributed by atoms with Gasteiger partial charge in [0.1, 0.15) is 0 Å². The average Bonchev–Trinajstić information content (AvgIpc) is 2.38. The molecule has 0 aromatic heterocycles. The Labute approximate surface area is 112 Å². The smallest absolute Gasteiger partial charge is 0.324 e. The number of hydrogen-bond acceptors (Lipinski definition) is 4. The zero-order valence-corrected chi connectivity index (χ0v) is 11.2. The van der Waals surface area contributed by atoms with E-state index in [1.54, 1.807) is 4.90 Å². The minimum atomic E-state index is -1.18. The molecule has 0 aromatic carbocycles. The summed E-state index contributed by atoms with van der Waals surface area (Å²) in [5.41, 5.74) is 0. The minimum absolute atomic E-state index is 0.0277. The number of nitrogens with zero attached hydrogens (tertiary/aromatic N) is 1. The third-order valence-corrected chi connectivity index (χ3v) is 3.29. The van der Waals surface area contributed by atoms with Gasteiger partial charge in [0.25, 0.3) is 0 Å². The van der Waals surface area contributed by atoms with Crippen molar-refractivity contribution < 1.29 is 24.4 Å². The number of imide groups is 1. The fourth-order valence-electron chi connectivity index (χ4n) is 2.03. The van der Waals surface area contributed by atoms with Gasteiger partial charge in [-0.1, -0.05) is 0 Å². The molecule has 0 aromatic rings. The molecule has 0 saturated carbocycles. The van der Waals surface area contributed by atoms with Crippen molar-refractivity contribution >= 4 is 17.9 Å². The Hall–Kier alpha value is -1.63. The van der Waals surface area contributed by atoms with Crippen LogP contribution < -0.4 is 15.3 Å². The van der Waals surface area contributed by atoms with Gasteiger partial charge in [-0.2, -0.15) is 0 Å². The fraction of sp³-hybridized carbons (Fsp3) is 0.750. The number of quaternary nitrogens is 1. The van der Waals surface area contributed by atoms with E-state index < -0.39 is 11.9 Å². The molecular formula is C12H21N3O4. The lowest BCUT2D eigenvalue weighted by Gasteiger charge is -2.31. The predicted molar refractivity (Wildman–Crippen MR) is 65.2 cm³/mol. The highest BCUT2D eigenvalue weighted by atomic mass is 16.4. The first kappa shape index (κ1) is 15.4. The monoisotopic (exact) mass is 271 g/mol. The van der Waals surface area contributed by atoms with Crippen molar-refractivity contribution in [1.82, 2.24) is 10.2 Å². The van der Waals surface area contributed by atoms with E-state index in [9.17, 15) is 19.5 Å². The zero-order valence-electron chi connectivity index (χ0n) is 11.2. The summed E-state index contributed by atoms with van der Waals surface area (Å²) in [7, 11) is 0. The summed E-state index contributed by atoms with van der Waals surface area (Å²) in [5, 5.41) is 12.5. The van der Waals surface area contributed by atoms with Gasteiger partial charge < -0.3 is 19.7 Å². The average molecular weight is 271 g/mol. The molecule has 1 heterocycles. The van der Waals surface area contributed by atoms with Crippen molar-refractivity contribution in [3.05, 3.63) is 0 Å². The lowest BCUT2D eigenvalue weighted by atomic mass is 10.2. The fourth-order valence-corrected chi connectivity index (χ4v) is 2.03. The van der Waals surface area contributed by atoms with Gasteiger partial charge in [-0.25, -0.2) is 4.79 Å². The molecule has 0 spiro atoms. The van der Waals surface area contributed by atoms with Gasteiger partial charge in [0.2, 0.25) is 5.91 Å². The number of hydrogen-bond donors (Lipinski definition) is 2. The van der Waals surface area contributed by atoms with Crippen LogP contribution in [0.1, 0.15) is 26.2 Å². The van der Waals surface area contributed by atoms with Crippen LogP contribution in [0.5, 0.6) is 0 Å². The zero-order chi connectivity index (χ0) is 14.3. The van der Waals surface area contributed by atoms with Crippen molar-refractivity contribution in [3.63, 3.8) is 0 Å². The summed E-state index contributed by atoms with van der Waals surface area (Å²) < 4.78 is 0. The lowest BCUT2D eigenvalue weighted by Crippen LogP contribution is -3.14. The number of carboxylic acids is 1. The first-order valence-electron chi connectivity index (χ1n) is 6.65. The van der Waals surface area contributed by atoms with Crippen LogP contribution in [0, 0.1) is 0 Å². The van der Waals surface area contributed by atoms with E-state index in [1.165, 1.54) is 4.90 Å². The number of aliphatic carboxylic acids is 1. The Morgan fingerprint density at radius 1 is 1.21 bits per heavy atom. The lowest BCUT2D eigenvalue weighted by molar-refractivity contribution is -0.902. The summed E-state index contributed by atoms with van der Waals surface area (Å²) in [6.07, 6.45) is 0.0508. The molecule has 7 heteroatoms. The summed E-state index contributed by atoms with van der Waals surface area (Å²) in [6.45, 7) is 6.21. The molecule has 3 amide bonds. The van der Waals surface area contributed by atoms with Crippen molar-refractivity contribution in [1.29, 1.82) is 0 Å². The van der Waals surface area contributed by atoms with E-state index >= 15 is 0 Å². The number of amides is 3. The first-order valence-corrected chi connectivity index (χ1v) is 6.65. The van der Waals surface area contributed by atoms with E-state index in [1.807, 2.05) is 0 Å². The number of nitrogens with one attached hydrogen (secondary N) is 2. The second-order valence-electron chi connectivity index (χ2n) is 4.67.